The van der Waals surface area contributed by atoms with E-state index < -0.39 is 0 Å². The summed E-state index contributed by atoms with van der Waals surface area (Å²) < 4.78 is 5.50. The lowest BCUT2D eigenvalue weighted by atomic mass is 10.1. The Morgan fingerprint density at radius 2 is 1.94 bits per heavy atom. The van der Waals surface area contributed by atoms with E-state index in [2.05, 4.69) is 23.5 Å². The van der Waals surface area contributed by atoms with Crippen molar-refractivity contribution < 1.29 is 4.74 Å². The van der Waals surface area contributed by atoms with Gasteiger partial charge in [0.15, 0.2) is 0 Å². The lowest BCUT2D eigenvalue weighted by molar-refractivity contribution is 0.479. The van der Waals surface area contributed by atoms with Crippen molar-refractivity contribution >= 4 is 10.8 Å². The first-order chi connectivity index (χ1) is 7.90. The molecular formula is C14H15NO. The lowest BCUT2D eigenvalue weighted by Gasteiger charge is -2.02. The molecule has 2 heteroatoms. The van der Waals surface area contributed by atoms with E-state index in [4.69, 9.17) is 4.74 Å². The second kappa shape index (κ2) is 5.33. The molecule has 0 spiro atoms. The summed E-state index contributed by atoms with van der Waals surface area (Å²) in [6, 6.07) is 14.3. The maximum absolute atomic E-state index is 5.50. The Kier molecular flexibility index (Phi) is 3.57. The molecule has 0 fully saturated rings. The maximum atomic E-state index is 5.50. The number of fused-ring (bicyclic) bond motifs is 1. The summed E-state index contributed by atoms with van der Waals surface area (Å²) >= 11 is 0. The van der Waals surface area contributed by atoms with E-state index in [1.807, 2.05) is 37.4 Å². The molecular weight excluding hydrogens is 198 g/mol. The fraction of sp³-hybridized carbons (Fsp3) is 0.143. The molecule has 0 radical (unpaired) electrons. The van der Waals surface area contributed by atoms with Gasteiger partial charge in [0.1, 0.15) is 5.75 Å². The fourth-order valence-electron chi connectivity index (χ4n) is 1.53. The van der Waals surface area contributed by atoms with Gasteiger partial charge in [0.25, 0.3) is 0 Å². The highest BCUT2D eigenvalue weighted by molar-refractivity contribution is 5.83. The van der Waals surface area contributed by atoms with Gasteiger partial charge < -0.3 is 10.1 Å². The first kappa shape index (κ1) is 10.7. The Bertz CT molecular complexity index is 491. The van der Waals surface area contributed by atoms with Gasteiger partial charge in [-0.15, -0.1) is 0 Å². The van der Waals surface area contributed by atoms with E-state index in [1.54, 1.807) is 6.26 Å². The summed E-state index contributed by atoms with van der Waals surface area (Å²) in [5.74, 6) is 0.867. The van der Waals surface area contributed by atoms with Crippen molar-refractivity contribution in [1.29, 1.82) is 0 Å². The summed E-state index contributed by atoms with van der Waals surface area (Å²) in [4.78, 5) is 0. The van der Waals surface area contributed by atoms with Crippen molar-refractivity contribution in [2.75, 3.05) is 13.6 Å². The predicted molar refractivity (Wildman–Crippen MR) is 67.6 cm³/mol. The molecule has 0 aromatic heterocycles. The van der Waals surface area contributed by atoms with Crippen LogP contribution in [0, 0.1) is 0 Å². The van der Waals surface area contributed by atoms with Crippen molar-refractivity contribution in [3.8, 4) is 5.75 Å². The standard InChI is InChI=1S/C14H15NO/c1-15-9-4-10-16-14-8-7-12-5-2-3-6-13(12)11-14/h2-8,10-11,15H,9H2,1H3. The minimum atomic E-state index is 0.813. The molecule has 0 amide bonds. The molecule has 82 valence electrons. The van der Waals surface area contributed by atoms with Crippen LogP contribution in [0.15, 0.2) is 54.8 Å². The van der Waals surface area contributed by atoms with Crippen LogP contribution in [0.3, 0.4) is 0 Å². The lowest BCUT2D eigenvalue weighted by Crippen LogP contribution is -2.04. The third-order valence-corrected chi connectivity index (χ3v) is 2.34. The predicted octanol–water partition coefficient (Wildman–Crippen LogP) is 2.95. The van der Waals surface area contributed by atoms with E-state index in [0.29, 0.717) is 0 Å². The highest BCUT2D eigenvalue weighted by Gasteiger charge is 1.94. The molecule has 0 heterocycles. The van der Waals surface area contributed by atoms with Gasteiger partial charge in [-0.1, -0.05) is 30.3 Å². The van der Waals surface area contributed by atoms with Crippen molar-refractivity contribution in [1.82, 2.24) is 5.32 Å². The highest BCUT2D eigenvalue weighted by atomic mass is 16.5. The number of nitrogens with one attached hydrogen (secondary N) is 1. The molecule has 1 N–H and O–H groups in total. The average molecular weight is 213 g/mol. The number of hydrogen-bond donors (Lipinski definition) is 1. The van der Waals surface area contributed by atoms with E-state index in [0.717, 1.165) is 12.3 Å². The van der Waals surface area contributed by atoms with Crippen molar-refractivity contribution in [3.63, 3.8) is 0 Å². The van der Waals surface area contributed by atoms with Crippen LogP contribution in [0.25, 0.3) is 10.8 Å². The van der Waals surface area contributed by atoms with Crippen LogP contribution in [0.5, 0.6) is 5.75 Å². The van der Waals surface area contributed by atoms with Gasteiger partial charge in [-0.25, -0.2) is 0 Å². The Balaban J connectivity index is 2.13. The normalized spacial score (nSPS) is 11.1. The minimum Gasteiger partial charge on any atom is -0.465 e. The number of rotatable bonds is 4. The van der Waals surface area contributed by atoms with E-state index in [1.165, 1.54) is 10.8 Å². The van der Waals surface area contributed by atoms with Gasteiger partial charge in [0.2, 0.25) is 0 Å². The molecule has 0 saturated carbocycles. The summed E-state index contributed by atoms with van der Waals surface area (Å²) in [7, 11) is 1.90. The van der Waals surface area contributed by atoms with Gasteiger partial charge in [0, 0.05) is 6.54 Å². The van der Waals surface area contributed by atoms with Crippen LogP contribution in [0.1, 0.15) is 0 Å². The van der Waals surface area contributed by atoms with Gasteiger partial charge in [0.05, 0.1) is 6.26 Å². The Labute approximate surface area is 95.5 Å². The summed E-state index contributed by atoms with van der Waals surface area (Å²) in [6.07, 6.45) is 3.65. The average Bonchev–Trinajstić information content (AvgIpc) is 2.34. The molecule has 2 rings (SSSR count). The second-order valence-electron chi connectivity index (χ2n) is 3.56. The highest BCUT2D eigenvalue weighted by Crippen LogP contribution is 2.20. The zero-order valence-electron chi connectivity index (χ0n) is 9.31. The summed E-state index contributed by atoms with van der Waals surface area (Å²) in [5.41, 5.74) is 0. The van der Waals surface area contributed by atoms with E-state index >= 15 is 0 Å². The molecule has 16 heavy (non-hydrogen) atoms. The van der Waals surface area contributed by atoms with Crippen molar-refractivity contribution in [2.45, 2.75) is 0 Å². The molecule has 0 aliphatic rings. The SMILES string of the molecule is CNCC=COc1ccc2ccccc2c1. The number of benzene rings is 2. The fourth-order valence-corrected chi connectivity index (χ4v) is 1.53. The summed E-state index contributed by atoms with van der Waals surface area (Å²) in [6.45, 7) is 0.813. The third kappa shape index (κ3) is 2.61. The van der Waals surface area contributed by atoms with Crippen LogP contribution in [0.4, 0.5) is 0 Å². The molecule has 0 aliphatic carbocycles. The van der Waals surface area contributed by atoms with Crippen LogP contribution in [0.2, 0.25) is 0 Å². The monoisotopic (exact) mass is 213 g/mol. The topological polar surface area (TPSA) is 21.3 Å². The minimum absolute atomic E-state index is 0.813. The maximum Gasteiger partial charge on any atom is 0.127 e. The zero-order chi connectivity index (χ0) is 11.2. The largest absolute Gasteiger partial charge is 0.465 e. The smallest absolute Gasteiger partial charge is 0.127 e. The van der Waals surface area contributed by atoms with Crippen LogP contribution in [-0.2, 0) is 0 Å². The quantitative estimate of drug-likeness (QED) is 0.788. The zero-order valence-corrected chi connectivity index (χ0v) is 9.31. The number of likely N-dealkylation sites (N-methyl/N-ethyl adjacent to an activating group) is 1. The molecule has 2 nitrogen and oxygen atoms in total. The molecule has 0 aliphatic heterocycles. The van der Waals surface area contributed by atoms with Crippen molar-refractivity contribution in [3.05, 3.63) is 54.8 Å². The van der Waals surface area contributed by atoms with Gasteiger partial charge in [-0.3, -0.25) is 0 Å². The van der Waals surface area contributed by atoms with Crippen LogP contribution in [-0.4, -0.2) is 13.6 Å². The molecule has 0 bridgehead atoms. The summed E-state index contributed by atoms with van der Waals surface area (Å²) in [5, 5.41) is 5.44. The number of ether oxygens (including phenoxy) is 1. The molecule has 2 aromatic rings. The van der Waals surface area contributed by atoms with E-state index in [-0.39, 0.29) is 0 Å². The first-order valence-electron chi connectivity index (χ1n) is 5.35. The molecule has 0 saturated heterocycles. The number of hydrogen-bond acceptors (Lipinski definition) is 2. The van der Waals surface area contributed by atoms with Crippen LogP contribution >= 0.6 is 0 Å². The Morgan fingerprint density at radius 1 is 1.12 bits per heavy atom. The van der Waals surface area contributed by atoms with Crippen LogP contribution < -0.4 is 10.1 Å². The second-order valence-corrected chi connectivity index (χ2v) is 3.56. The molecule has 0 unspecified atom stereocenters. The van der Waals surface area contributed by atoms with Crippen molar-refractivity contribution in [2.24, 2.45) is 0 Å². The van der Waals surface area contributed by atoms with Gasteiger partial charge in [-0.2, -0.15) is 0 Å². The van der Waals surface area contributed by atoms with E-state index in [9.17, 15) is 0 Å². The van der Waals surface area contributed by atoms with Gasteiger partial charge in [-0.05, 0) is 36.0 Å². The Morgan fingerprint density at radius 3 is 2.75 bits per heavy atom. The third-order valence-electron chi connectivity index (χ3n) is 2.34. The molecule has 0 atom stereocenters. The first-order valence-corrected chi connectivity index (χ1v) is 5.35. The molecule has 2 aromatic carbocycles. The Hall–Kier alpha value is -1.80. The van der Waals surface area contributed by atoms with Gasteiger partial charge >= 0.3 is 0 Å².